The molecule has 1 heterocycles. The maximum atomic E-state index is 12.0. The molecule has 3 atom stereocenters. The predicted molar refractivity (Wildman–Crippen MR) is 76.5 cm³/mol. The lowest BCUT2D eigenvalue weighted by Crippen LogP contribution is -2.37. The first-order valence-electron chi connectivity index (χ1n) is 7.68. The van der Waals surface area contributed by atoms with Gasteiger partial charge in [-0.25, -0.2) is 0 Å². The van der Waals surface area contributed by atoms with E-state index < -0.39 is 0 Å². The van der Waals surface area contributed by atoms with E-state index in [0.29, 0.717) is 12.2 Å². The second-order valence-corrected chi connectivity index (χ2v) is 6.57. The number of carbonyl (C=O) groups is 1. The highest BCUT2D eigenvalue weighted by molar-refractivity contribution is 6.03. The lowest BCUT2D eigenvalue weighted by molar-refractivity contribution is 0.0979. The van der Waals surface area contributed by atoms with Crippen molar-refractivity contribution in [1.82, 2.24) is 0 Å². The molecule has 0 spiro atoms. The average molecular weight is 255 g/mol. The first-order chi connectivity index (χ1) is 9.31. The molecule has 2 aliphatic carbocycles. The van der Waals surface area contributed by atoms with Crippen molar-refractivity contribution in [2.24, 2.45) is 17.8 Å². The summed E-state index contributed by atoms with van der Waals surface area (Å²) < 4.78 is 0. The molecule has 0 N–H and O–H groups in total. The molecule has 1 aromatic carbocycles. The Morgan fingerprint density at radius 1 is 1.16 bits per heavy atom. The summed E-state index contributed by atoms with van der Waals surface area (Å²) >= 11 is 0. The number of nitrogens with zero attached hydrogens (tertiary/aromatic N) is 1. The maximum Gasteiger partial charge on any atom is 0.166 e. The van der Waals surface area contributed by atoms with Crippen molar-refractivity contribution >= 4 is 11.5 Å². The number of para-hydroxylation sites is 1. The fraction of sp³-hybridized carbons (Fsp3) is 0.588. The zero-order chi connectivity index (χ0) is 12.8. The Morgan fingerprint density at radius 3 is 2.84 bits per heavy atom. The van der Waals surface area contributed by atoms with Crippen molar-refractivity contribution in [2.75, 3.05) is 18.0 Å². The van der Waals surface area contributed by atoms with Crippen LogP contribution in [0.5, 0.6) is 0 Å². The van der Waals surface area contributed by atoms with E-state index in [9.17, 15) is 4.79 Å². The van der Waals surface area contributed by atoms with Gasteiger partial charge < -0.3 is 4.90 Å². The van der Waals surface area contributed by atoms with Crippen LogP contribution in [0.25, 0.3) is 0 Å². The van der Waals surface area contributed by atoms with E-state index in [1.807, 2.05) is 12.1 Å². The number of hydrogen-bond acceptors (Lipinski definition) is 2. The first-order valence-corrected chi connectivity index (χ1v) is 7.68. The molecule has 2 bridgehead atoms. The van der Waals surface area contributed by atoms with Gasteiger partial charge in [0.1, 0.15) is 0 Å². The van der Waals surface area contributed by atoms with Gasteiger partial charge in [0.25, 0.3) is 0 Å². The van der Waals surface area contributed by atoms with E-state index in [-0.39, 0.29) is 0 Å². The van der Waals surface area contributed by atoms with Crippen LogP contribution >= 0.6 is 0 Å². The molecule has 2 saturated carbocycles. The van der Waals surface area contributed by atoms with Crippen molar-refractivity contribution in [3.05, 3.63) is 29.8 Å². The average Bonchev–Trinajstić information content (AvgIpc) is 3.05. The van der Waals surface area contributed by atoms with Gasteiger partial charge in [0.15, 0.2) is 5.78 Å². The molecule has 0 radical (unpaired) electrons. The van der Waals surface area contributed by atoms with Crippen LogP contribution in [0, 0.1) is 17.8 Å². The molecule has 2 fully saturated rings. The van der Waals surface area contributed by atoms with E-state index in [1.165, 1.54) is 37.9 Å². The van der Waals surface area contributed by atoms with Crippen molar-refractivity contribution in [1.29, 1.82) is 0 Å². The molecule has 100 valence electrons. The smallest absolute Gasteiger partial charge is 0.166 e. The van der Waals surface area contributed by atoms with E-state index >= 15 is 0 Å². The van der Waals surface area contributed by atoms with Crippen LogP contribution in [-0.4, -0.2) is 18.9 Å². The highest BCUT2D eigenvalue weighted by Gasteiger charge is 2.40. The Bertz CT molecular complexity index is 510. The van der Waals surface area contributed by atoms with Crippen molar-refractivity contribution < 1.29 is 4.79 Å². The van der Waals surface area contributed by atoms with Crippen LogP contribution < -0.4 is 4.90 Å². The molecule has 0 amide bonds. The summed E-state index contributed by atoms with van der Waals surface area (Å²) in [4.78, 5) is 14.4. The summed E-state index contributed by atoms with van der Waals surface area (Å²) in [5.74, 6) is 3.17. The second-order valence-electron chi connectivity index (χ2n) is 6.57. The van der Waals surface area contributed by atoms with Gasteiger partial charge in [-0.1, -0.05) is 18.6 Å². The molecule has 0 aromatic heterocycles. The summed E-state index contributed by atoms with van der Waals surface area (Å²) in [5, 5.41) is 0. The normalized spacial score (nSPS) is 32.7. The number of carbonyl (C=O) groups excluding carboxylic acids is 1. The summed E-state index contributed by atoms with van der Waals surface area (Å²) in [6.45, 7) is 2.09. The molecule has 2 heteroatoms. The zero-order valence-corrected chi connectivity index (χ0v) is 11.3. The Morgan fingerprint density at radius 2 is 2.05 bits per heavy atom. The number of fused-ring (bicyclic) bond motifs is 3. The molecule has 1 aliphatic heterocycles. The van der Waals surface area contributed by atoms with Crippen LogP contribution in [-0.2, 0) is 0 Å². The summed E-state index contributed by atoms with van der Waals surface area (Å²) in [7, 11) is 0. The molecule has 19 heavy (non-hydrogen) atoms. The van der Waals surface area contributed by atoms with Crippen LogP contribution in [0.4, 0.5) is 5.69 Å². The molecule has 4 rings (SSSR count). The number of Topliss-reactive ketones (excluding diaryl/α,β-unsaturated/α-hetero) is 1. The summed E-state index contributed by atoms with van der Waals surface area (Å²) in [6.07, 6.45) is 6.51. The number of anilines is 1. The number of rotatable bonds is 2. The van der Waals surface area contributed by atoms with Gasteiger partial charge in [0, 0.05) is 30.8 Å². The molecular formula is C17H21NO. The molecule has 2 nitrogen and oxygen atoms in total. The van der Waals surface area contributed by atoms with Gasteiger partial charge >= 0.3 is 0 Å². The quantitative estimate of drug-likeness (QED) is 0.806. The monoisotopic (exact) mass is 255 g/mol. The minimum atomic E-state index is 0.319. The third-order valence-corrected chi connectivity index (χ3v) is 5.49. The van der Waals surface area contributed by atoms with E-state index in [2.05, 4.69) is 17.0 Å². The maximum absolute atomic E-state index is 12.0. The lowest BCUT2D eigenvalue weighted by Gasteiger charge is -2.35. The third-order valence-electron chi connectivity index (χ3n) is 5.49. The van der Waals surface area contributed by atoms with Crippen molar-refractivity contribution in [3.8, 4) is 0 Å². The highest BCUT2D eigenvalue weighted by Crippen LogP contribution is 2.49. The molecule has 1 aromatic rings. The largest absolute Gasteiger partial charge is 0.370 e. The molecule has 3 unspecified atom stereocenters. The van der Waals surface area contributed by atoms with Crippen LogP contribution in [0.2, 0.25) is 0 Å². The van der Waals surface area contributed by atoms with Crippen LogP contribution in [0.1, 0.15) is 42.5 Å². The SMILES string of the molecule is O=C1CCN(CC2CC3CCC2C3)c2ccccc21. The highest BCUT2D eigenvalue weighted by atomic mass is 16.1. The fourth-order valence-corrected chi connectivity index (χ4v) is 4.55. The predicted octanol–water partition coefficient (Wildman–Crippen LogP) is 3.52. The van der Waals surface area contributed by atoms with Gasteiger partial charge in [0.05, 0.1) is 0 Å². The lowest BCUT2D eigenvalue weighted by atomic mass is 9.87. The molecular weight excluding hydrogens is 234 g/mol. The van der Waals surface area contributed by atoms with E-state index in [1.54, 1.807) is 0 Å². The van der Waals surface area contributed by atoms with Gasteiger partial charge in [0.2, 0.25) is 0 Å². The number of hydrogen-bond donors (Lipinski definition) is 0. The topological polar surface area (TPSA) is 20.3 Å². The zero-order valence-electron chi connectivity index (χ0n) is 11.3. The standard InChI is InChI=1S/C17H21NO/c19-17-7-8-18(16-4-2-1-3-15(16)17)11-14-10-12-5-6-13(14)9-12/h1-4,12-14H,5-11H2. The van der Waals surface area contributed by atoms with Crippen molar-refractivity contribution in [2.45, 2.75) is 32.1 Å². The Hall–Kier alpha value is -1.31. The van der Waals surface area contributed by atoms with E-state index in [4.69, 9.17) is 0 Å². The minimum absolute atomic E-state index is 0.319. The van der Waals surface area contributed by atoms with Crippen LogP contribution in [0.3, 0.4) is 0 Å². The minimum Gasteiger partial charge on any atom is -0.370 e. The number of benzene rings is 1. The van der Waals surface area contributed by atoms with Gasteiger partial charge in [-0.15, -0.1) is 0 Å². The summed E-state index contributed by atoms with van der Waals surface area (Å²) in [5.41, 5.74) is 2.12. The van der Waals surface area contributed by atoms with Gasteiger partial charge in [-0.3, -0.25) is 4.79 Å². The molecule has 0 saturated heterocycles. The van der Waals surface area contributed by atoms with Crippen LogP contribution in [0.15, 0.2) is 24.3 Å². The summed E-state index contributed by atoms with van der Waals surface area (Å²) in [6, 6.07) is 8.16. The van der Waals surface area contributed by atoms with Gasteiger partial charge in [-0.05, 0) is 49.1 Å². The Kier molecular flexibility index (Phi) is 2.64. The van der Waals surface area contributed by atoms with Gasteiger partial charge in [-0.2, -0.15) is 0 Å². The fourth-order valence-electron chi connectivity index (χ4n) is 4.55. The van der Waals surface area contributed by atoms with E-state index in [0.717, 1.165) is 29.9 Å². The number of ketones is 1. The Labute approximate surface area is 114 Å². The Balaban J connectivity index is 1.56. The van der Waals surface area contributed by atoms with Crippen molar-refractivity contribution in [3.63, 3.8) is 0 Å². The molecule has 3 aliphatic rings. The first kappa shape index (κ1) is 11.5. The second kappa shape index (κ2) is 4.36. The third kappa shape index (κ3) is 1.89.